The summed E-state index contributed by atoms with van der Waals surface area (Å²) in [5, 5.41) is 7.70. The summed E-state index contributed by atoms with van der Waals surface area (Å²) in [7, 11) is 0. The number of hydrogen-bond donors (Lipinski definition) is 2. The van der Waals surface area contributed by atoms with Crippen molar-refractivity contribution in [3.05, 3.63) is 48.0 Å². The molecule has 0 heterocycles. The first-order valence-electron chi connectivity index (χ1n) is 6.48. The molecule has 4 heteroatoms. The molecule has 0 radical (unpaired) electrons. The topological polar surface area (TPSA) is 41.1 Å². The molecule has 2 aromatic carbocycles. The van der Waals surface area contributed by atoms with Crippen LogP contribution in [-0.2, 0) is 0 Å². The standard InChI is InChI=1S/C16H18N2OS/c1-16(2,3)18-15(19)17-14(20)13-10-6-8-11-7-4-5-9-12(11)13/h4-10H,1-3H3,(H2,17,18,19,20). The van der Waals surface area contributed by atoms with Crippen LogP contribution in [0.1, 0.15) is 26.3 Å². The van der Waals surface area contributed by atoms with E-state index in [9.17, 15) is 4.79 Å². The lowest BCUT2D eigenvalue weighted by atomic mass is 10.0. The molecule has 0 unspecified atom stereocenters. The summed E-state index contributed by atoms with van der Waals surface area (Å²) in [5.74, 6) is 0. The van der Waals surface area contributed by atoms with Crippen molar-refractivity contribution in [3.63, 3.8) is 0 Å². The first kappa shape index (κ1) is 14.5. The molecule has 104 valence electrons. The molecular weight excluding hydrogens is 268 g/mol. The van der Waals surface area contributed by atoms with E-state index in [1.807, 2.05) is 63.2 Å². The second-order valence-electron chi connectivity index (χ2n) is 5.68. The van der Waals surface area contributed by atoms with Gasteiger partial charge in [0, 0.05) is 11.1 Å². The third-order valence-electron chi connectivity index (χ3n) is 2.75. The smallest absolute Gasteiger partial charge is 0.320 e. The second kappa shape index (κ2) is 5.59. The Kier molecular flexibility index (Phi) is 4.04. The van der Waals surface area contributed by atoms with Crippen molar-refractivity contribution in [3.8, 4) is 0 Å². The van der Waals surface area contributed by atoms with Gasteiger partial charge >= 0.3 is 6.03 Å². The fourth-order valence-electron chi connectivity index (χ4n) is 1.97. The summed E-state index contributed by atoms with van der Waals surface area (Å²) in [6, 6.07) is 13.6. The van der Waals surface area contributed by atoms with Crippen LogP contribution in [0, 0.1) is 0 Å². The van der Waals surface area contributed by atoms with E-state index in [4.69, 9.17) is 12.2 Å². The van der Waals surface area contributed by atoms with Crippen LogP contribution in [-0.4, -0.2) is 16.6 Å². The Labute approximate surface area is 124 Å². The van der Waals surface area contributed by atoms with Crippen molar-refractivity contribution in [2.75, 3.05) is 0 Å². The van der Waals surface area contributed by atoms with Crippen LogP contribution in [0.5, 0.6) is 0 Å². The summed E-state index contributed by atoms with van der Waals surface area (Å²) >= 11 is 5.34. The molecule has 0 spiro atoms. The maximum absolute atomic E-state index is 11.9. The Morgan fingerprint density at radius 2 is 1.70 bits per heavy atom. The SMILES string of the molecule is CC(C)(C)NC(=O)NC(=S)c1cccc2ccccc12. The number of urea groups is 1. The zero-order valence-corrected chi connectivity index (χ0v) is 12.7. The van der Waals surface area contributed by atoms with Crippen LogP contribution in [0.15, 0.2) is 42.5 Å². The van der Waals surface area contributed by atoms with E-state index in [0.29, 0.717) is 4.99 Å². The van der Waals surface area contributed by atoms with Gasteiger partial charge in [0.1, 0.15) is 4.99 Å². The first-order chi connectivity index (χ1) is 9.37. The minimum Gasteiger partial charge on any atom is -0.333 e. The van der Waals surface area contributed by atoms with Gasteiger partial charge in [0.25, 0.3) is 0 Å². The summed E-state index contributed by atoms with van der Waals surface area (Å²) in [6.07, 6.45) is 0. The van der Waals surface area contributed by atoms with Crippen LogP contribution in [0.2, 0.25) is 0 Å². The third kappa shape index (κ3) is 3.54. The summed E-state index contributed by atoms with van der Waals surface area (Å²) in [4.78, 5) is 12.3. The second-order valence-corrected chi connectivity index (χ2v) is 6.09. The molecule has 0 aliphatic rings. The fraction of sp³-hybridized carbons (Fsp3) is 0.250. The Bertz CT molecular complexity index is 654. The highest BCUT2D eigenvalue weighted by molar-refractivity contribution is 7.80. The lowest BCUT2D eigenvalue weighted by molar-refractivity contribution is 0.237. The first-order valence-corrected chi connectivity index (χ1v) is 6.89. The normalized spacial score (nSPS) is 11.2. The van der Waals surface area contributed by atoms with Gasteiger partial charge in [-0.05, 0) is 31.5 Å². The van der Waals surface area contributed by atoms with Gasteiger partial charge in [-0.3, -0.25) is 5.32 Å². The Morgan fingerprint density at radius 3 is 2.40 bits per heavy atom. The summed E-state index contributed by atoms with van der Waals surface area (Å²) in [5.41, 5.74) is 0.570. The molecule has 0 aromatic heterocycles. The largest absolute Gasteiger partial charge is 0.333 e. The molecule has 0 aliphatic carbocycles. The highest BCUT2D eigenvalue weighted by atomic mass is 32.1. The van der Waals surface area contributed by atoms with Crippen molar-refractivity contribution in [2.24, 2.45) is 0 Å². The van der Waals surface area contributed by atoms with Gasteiger partial charge in [-0.2, -0.15) is 0 Å². The van der Waals surface area contributed by atoms with Crippen LogP contribution in [0.3, 0.4) is 0 Å². The number of carbonyl (C=O) groups excluding carboxylic acids is 1. The predicted molar refractivity (Wildman–Crippen MR) is 87.1 cm³/mol. The number of nitrogens with one attached hydrogen (secondary N) is 2. The van der Waals surface area contributed by atoms with E-state index in [-0.39, 0.29) is 11.6 Å². The lowest BCUT2D eigenvalue weighted by Crippen LogP contribution is -2.48. The van der Waals surface area contributed by atoms with E-state index >= 15 is 0 Å². The average molecular weight is 286 g/mol. The number of carbonyl (C=O) groups is 1. The average Bonchev–Trinajstić information content (AvgIpc) is 2.35. The zero-order chi connectivity index (χ0) is 14.8. The minimum absolute atomic E-state index is 0.282. The molecule has 2 aromatic rings. The number of fused-ring (bicyclic) bond motifs is 1. The van der Waals surface area contributed by atoms with Gasteiger partial charge < -0.3 is 5.32 Å². The molecule has 20 heavy (non-hydrogen) atoms. The molecule has 2 rings (SSSR count). The number of thiocarbonyl (C=S) groups is 1. The number of hydrogen-bond acceptors (Lipinski definition) is 2. The van der Waals surface area contributed by atoms with Gasteiger partial charge in [0.05, 0.1) is 0 Å². The predicted octanol–water partition coefficient (Wildman–Crippen LogP) is 3.61. The van der Waals surface area contributed by atoms with Gasteiger partial charge in [0.15, 0.2) is 0 Å². The van der Waals surface area contributed by atoms with Crippen molar-refractivity contribution in [1.82, 2.24) is 10.6 Å². The van der Waals surface area contributed by atoms with Crippen LogP contribution >= 0.6 is 12.2 Å². The van der Waals surface area contributed by atoms with Crippen molar-refractivity contribution in [1.29, 1.82) is 0 Å². The Balaban J connectivity index is 2.22. The van der Waals surface area contributed by atoms with Crippen molar-refractivity contribution in [2.45, 2.75) is 26.3 Å². The maximum atomic E-state index is 11.9. The zero-order valence-electron chi connectivity index (χ0n) is 11.9. The van der Waals surface area contributed by atoms with E-state index < -0.39 is 0 Å². The minimum atomic E-state index is -0.293. The molecule has 3 nitrogen and oxygen atoms in total. The fourth-order valence-corrected chi connectivity index (χ4v) is 2.24. The third-order valence-corrected chi connectivity index (χ3v) is 3.07. The van der Waals surface area contributed by atoms with Gasteiger partial charge in [-0.1, -0.05) is 54.7 Å². The number of benzene rings is 2. The van der Waals surface area contributed by atoms with E-state index in [2.05, 4.69) is 10.6 Å². The molecule has 2 N–H and O–H groups in total. The van der Waals surface area contributed by atoms with Crippen LogP contribution in [0.4, 0.5) is 4.79 Å². The Morgan fingerprint density at radius 1 is 1.05 bits per heavy atom. The molecule has 0 bridgehead atoms. The van der Waals surface area contributed by atoms with E-state index in [1.165, 1.54) is 0 Å². The molecule has 0 atom stereocenters. The molecule has 0 fully saturated rings. The van der Waals surface area contributed by atoms with Gasteiger partial charge in [-0.15, -0.1) is 0 Å². The Hall–Kier alpha value is -1.94. The molecule has 0 saturated carbocycles. The maximum Gasteiger partial charge on any atom is 0.320 e. The van der Waals surface area contributed by atoms with E-state index in [1.54, 1.807) is 0 Å². The summed E-state index contributed by atoms with van der Waals surface area (Å²) < 4.78 is 0. The number of rotatable bonds is 1. The van der Waals surface area contributed by atoms with Crippen molar-refractivity contribution >= 4 is 34.0 Å². The van der Waals surface area contributed by atoms with Crippen LogP contribution in [0.25, 0.3) is 10.8 Å². The quantitative estimate of drug-likeness (QED) is 0.786. The molecule has 0 aliphatic heterocycles. The number of amides is 2. The molecule has 0 saturated heterocycles. The summed E-state index contributed by atoms with van der Waals surface area (Å²) in [6.45, 7) is 5.77. The molecule has 2 amide bonds. The van der Waals surface area contributed by atoms with E-state index in [0.717, 1.165) is 16.3 Å². The molecular formula is C16H18N2OS. The highest BCUT2D eigenvalue weighted by Gasteiger charge is 2.15. The lowest BCUT2D eigenvalue weighted by Gasteiger charge is -2.21. The monoisotopic (exact) mass is 286 g/mol. The van der Waals surface area contributed by atoms with Crippen LogP contribution < -0.4 is 10.6 Å². The van der Waals surface area contributed by atoms with Crippen molar-refractivity contribution < 1.29 is 4.79 Å². The highest BCUT2D eigenvalue weighted by Crippen LogP contribution is 2.18. The van der Waals surface area contributed by atoms with Gasteiger partial charge in [-0.25, -0.2) is 4.79 Å². The van der Waals surface area contributed by atoms with Gasteiger partial charge in [0.2, 0.25) is 0 Å².